The zero-order valence-corrected chi connectivity index (χ0v) is 15.6. The first-order valence-electron chi connectivity index (χ1n) is 8.92. The standard InChI is InChI=1S/C21H24N4O2/c1-21(2,17-12-22-15-23-13-17)20(26)25-14-18(19-9-6-10-27-19)24-11-16-7-4-3-5-8-16/h3-10,12-13,15,18,24H,11,14H2,1-2H3,(H,25,26). The van der Waals surface area contributed by atoms with E-state index in [9.17, 15) is 4.79 Å². The number of nitrogens with zero attached hydrogens (tertiary/aromatic N) is 2. The molecule has 3 rings (SSSR count). The number of furan rings is 1. The van der Waals surface area contributed by atoms with Crippen molar-refractivity contribution < 1.29 is 9.21 Å². The molecule has 0 saturated heterocycles. The maximum atomic E-state index is 12.8. The van der Waals surface area contributed by atoms with E-state index in [1.54, 1.807) is 18.7 Å². The molecule has 0 aliphatic heterocycles. The Labute approximate surface area is 159 Å². The molecule has 140 valence electrons. The second-order valence-corrected chi connectivity index (χ2v) is 6.90. The first-order valence-corrected chi connectivity index (χ1v) is 8.92. The van der Waals surface area contributed by atoms with Crippen molar-refractivity contribution in [3.05, 3.63) is 84.3 Å². The Morgan fingerprint density at radius 3 is 2.52 bits per heavy atom. The van der Waals surface area contributed by atoms with Crippen LogP contribution >= 0.6 is 0 Å². The van der Waals surface area contributed by atoms with Crippen LogP contribution in [0.4, 0.5) is 0 Å². The molecule has 0 spiro atoms. The number of carbonyl (C=O) groups excluding carboxylic acids is 1. The van der Waals surface area contributed by atoms with Crippen LogP contribution in [0.3, 0.4) is 0 Å². The van der Waals surface area contributed by atoms with Crippen LogP contribution in [0.2, 0.25) is 0 Å². The first kappa shape index (κ1) is 18.8. The van der Waals surface area contributed by atoms with Crippen LogP contribution in [-0.2, 0) is 16.8 Å². The highest BCUT2D eigenvalue weighted by atomic mass is 16.3. The van der Waals surface area contributed by atoms with Gasteiger partial charge in [0.2, 0.25) is 5.91 Å². The second kappa shape index (κ2) is 8.60. The van der Waals surface area contributed by atoms with E-state index in [2.05, 4.69) is 32.7 Å². The number of carbonyl (C=O) groups is 1. The molecule has 1 amide bonds. The number of hydrogen-bond acceptors (Lipinski definition) is 5. The number of rotatable bonds is 8. The molecule has 6 heteroatoms. The second-order valence-electron chi connectivity index (χ2n) is 6.90. The van der Waals surface area contributed by atoms with Gasteiger partial charge < -0.3 is 15.1 Å². The molecule has 1 unspecified atom stereocenters. The highest BCUT2D eigenvalue weighted by molar-refractivity contribution is 5.87. The number of nitrogens with one attached hydrogen (secondary N) is 2. The van der Waals surface area contributed by atoms with Crippen molar-refractivity contribution in [2.24, 2.45) is 0 Å². The largest absolute Gasteiger partial charge is 0.468 e. The lowest BCUT2D eigenvalue weighted by Gasteiger charge is -2.25. The van der Waals surface area contributed by atoms with Crippen LogP contribution in [0.1, 0.15) is 36.8 Å². The minimum Gasteiger partial charge on any atom is -0.468 e. The molecule has 3 aromatic rings. The quantitative estimate of drug-likeness (QED) is 0.642. The lowest BCUT2D eigenvalue weighted by Crippen LogP contribution is -2.43. The predicted octanol–water partition coefficient (Wildman–Crippen LogP) is 2.99. The third-order valence-corrected chi connectivity index (χ3v) is 4.60. The smallest absolute Gasteiger partial charge is 0.230 e. The molecule has 0 aliphatic rings. The Morgan fingerprint density at radius 1 is 1.11 bits per heavy atom. The molecular weight excluding hydrogens is 340 g/mol. The van der Waals surface area contributed by atoms with Gasteiger partial charge in [-0.1, -0.05) is 30.3 Å². The summed E-state index contributed by atoms with van der Waals surface area (Å²) in [5.41, 5.74) is 1.21. The predicted molar refractivity (Wildman–Crippen MR) is 103 cm³/mol. The van der Waals surface area contributed by atoms with Crippen LogP contribution in [0.5, 0.6) is 0 Å². The summed E-state index contributed by atoms with van der Waals surface area (Å²) < 4.78 is 5.55. The van der Waals surface area contributed by atoms with Gasteiger partial charge in [-0.05, 0) is 31.5 Å². The highest BCUT2D eigenvalue weighted by Gasteiger charge is 2.31. The summed E-state index contributed by atoms with van der Waals surface area (Å²) in [6, 6.07) is 13.7. The minimum absolute atomic E-state index is 0.0876. The summed E-state index contributed by atoms with van der Waals surface area (Å²) in [7, 11) is 0. The van der Waals surface area contributed by atoms with Crippen molar-refractivity contribution in [1.82, 2.24) is 20.6 Å². The van der Waals surface area contributed by atoms with Crippen molar-refractivity contribution >= 4 is 5.91 Å². The van der Waals surface area contributed by atoms with Crippen LogP contribution in [0, 0.1) is 0 Å². The van der Waals surface area contributed by atoms with E-state index in [0.29, 0.717) is 13.1 Å². The van der Waals surface area contributed by atoms with Gasteiger partial charge >= 0.3 is 0 Å². The van der Waals surface area contributed by atoms with Crippen molar-refractivity contribution in [2.45, 2.75) is 31.8 Å². The third kappa shape index (κ3) is 4.80. The molecule has 0 bridgehead atoms. The monoisotopic (exact) mass is 364 g/mol. The van der Waals surface area contributed by atoms with Gasteiger partial charge in [-0.15, -0.1) is 0 Å². The molecule has 1 atom stereocenters. The van der Waals surface area contributed by atoms with E-state index >= 15 is 0 Å². The van der Waals surface area contributed by atoms with Crippen LogP contribution in [-0.4, -0.2) is 22.4 Å². The number of aromatic nitrogens is 2. The third-order valence-electron chi connectivity index (χ3n) is 4.60. The maximum absolute atomic E-state index is 12.8. The maximum Gasteiger partial charge on any atom is 0.230 e. The molecule has 0 fully saturated rings. The topological polar surface area (TPSA) is 80.0 Å². The zero-order valence-electron chi connectivity index (χ0n) is 15.6. The molecular formula is C21H24N4O2. The normalized spacial score (nSPS) is 12.5. The SMILES string of the molecule is CC(C)(C(=O)NCC(NCc1ccccc1)c1ccco1)c1cncnc1. The fourth-order valence-corrected chi connectivity index (χ4v) is 2.77. The van der Waals surface area contributed by atoms with Crippen molar-refractivity contribution in [3.8, 4) is 0 Å². The van der Waals surface area contributed by atoms with Crippen molar-refractivity contribution in [3.63, 3.8) is 0 Å². The van der Waals surface area contributed by atoms with Gasteiger partial charge in [-0.25, -0.2) is 9.97 Å². The van der Waals surface area contributed by atoms with Crippen molar-refractivity contribution in [2.75, 3.05) is 6.54 Å². The molecule has 0 saturated carbocycles. The first-order chi connectivity index (χ1) is 13.1. The van der Waals surface area contributed by atoms with E-state index in [-0.39, 0.29) is 11.9 Å². The summed E-state index contributed by atoms with van der Waals surface area (Å²) in [5, 5.41) is 6.48. The minimum atomic E-state index is -0.728. The zero-order chi connectivity index (χ0) is 19.1. The van der Waals surface area contributed by atoms with Gasteiger partial charge in [0.05, 0.1) is 17.7 Å². The average molecular weight is 364 g/mol. The Bertz CT molecular complexity index is 833. The molecule has 0 radical (unpaired) electrons. The highest BCUT2D eigenvalue weighted by Crippen LogP contribution is 2.22. The lowest BCUT2D eigenvalue weighted by molar-refractivity contribution is -0.125. The molecule has 0 aliphatic carbocycles. The van der Waals surface area contributed by atoms with E-state index in [4.69, 9.17) is 4.42 Å². The van der Waals surface area contributed by atoms with Gasteiger partial charge in [0.1, 0.15) is 12.1 Å². The molecule has 6 nitrogen and oxygen atoms in total. The summed E-state index contributed by atoms with van der Waals surface area (Å²) in [6.45, 7) is 4.81. The Hall–Kier alpha value is -2.99. The van der Waals surface area contributed by atoms with Crippen molar-refractivity contribution in [1.29, 1.82) is 0 Å². The fraction of sp³-hybridized carbons (Fsp3) is 0.286. The lowest BCUT2D eigenvalue weighted by atomic mass is 9.85. The molecule has 27 heavy (non-hydrogen) atoms. The molecule has 2 N–H and O–H groups in total. The Balaban J connectivity index is 1.65. The van der Waals surface area contributed by atoms with E-state index < -0.39 is 5.41 Å². The summed E-state index contributed by atoms with van der Waals surface area (Å²) in [4.78, 5) is 20.8. The molecule has 2 aromatic heterocycles. The Kier molecular flexibility index (Phi) is 5.98. The van der Waals surface area contributed by atoms with Gasteiger partial charge in [0, 0.05) is 31.0 Å². The number of amides is 1. The summed E-state index contributed by atoms with van der Waals surface area (Å²) >= 11 is 0. The van der Waals surface area contributed by atoms with Gasteiger partial charge in [0.15, 0.2) is 0 Å². The van der Waals surface area contributed by atoms with Crippen LogP contribution in [0.15, 0.2) is 71.9 Å². The van der Waals surface area contributed by atoms with Crippen LogP contribution < -0.4 is 10.6 Å². The van der Waals surface area contributed by atoms with E-state index in [1.807, 2.05) is 44.2 Å². The average Bonchev–Trinajstić information content (AvgIpc) is 3.24. The number of hydrogen-bond donors (Lipinski definition) is 2. The van der Waals surface area contributed by atoms with Gasteiger partial charge in [-0.3, -0.25) is 4.79 Å². The molecule has 2 heterocycles. The summed E-state index contributed by atoms with van der Waals surface area (Å²) in [5.74, 6) is 0.697. The van der Waals surface area contributed by atoms with Gasteiger partial charge in [0.25, 0.3) is 0 Å². The molecule has 1 aromatic carbocycles. The Morgan fingerprint density at radius 2 is 1.85 bits per heavy atom. The fourth-order valence-electron chi connectivity index (χ4n) is 2.77. The number of benzene rings is 1. The van der Waals surface area contributed by atoms with Crippen LogP contribution in [0.25, 0.3) is 0 Å². The van der Waals surface area contributed by atoms with E-state index in [0.717, 1.165) is 11.3 Å². The summed E-state index contributed by atoms with van der Waals surface area (Å²) in [6.07, 6.45) is 6.44. The van der Waals surface area contributed by atoms with Gasteiger partial charge in [-0.2, -0.15) is 0 Å². The van der Waals surface area contributed by atoms with E-state index in [1.165, 1.54) is 11.9 Å².